The van der Waals surface area contributed by atoms with Gasteiger partial charge in [0, 0.05) is 5.56 Å². The highest BCUT2D eigenvalue weighted by molar-refractivity contribution is 5.70. The molecule has 0 spiro atoms. The van der Waals surface area contributed by atoms with Crippen molar-refractivity contribution in [3.05, 3.63) is 24.3 Å². The van der Waals surface area contributed by atoms with Crippen LogP contribution in [0, 0.1) is 0 Å². The van der Waals surface area contributed by atoms with Gasteiger partial charge in [-0.2, -0.15) is 4.98 Å². The number of ether oxygens (including phenoxy) is 1. The van der Waals surface area contributed by atoms with Crippen LogP contribution in [0.1, 0.15) is 6.92 Å². The Morgan fingerprint density at radius 2 is 2.06 bits per heavy atom. The lowest BCUT2D eigenvalue weighted by Gasteiger charge is -2.06. The fourth-order valence-electron chi connectivity index (χ4n) is 1.46. The van der Waals surface area contributed by atoms with E-state index in [2.05, 4.69) is 15.2 Å². The minimum absolute atomic E-state index is 0.0622. The molecule has 6 heteroatoms. The van der Waals surface area contributed by atoms with E-state index in [1.54, 1.807) is 0 Å². The molecule has 17 heavy (non-hydrogen) atoms. The van der Waals surface area contributed by atoms with E-state index in [0.717, 1.165) is 11.3 Å². The van der Waals surface area contributed by atoms with Crippen LogP contribution in [0.25, 0.3) is 11.3 Å². The summed E-state index contributed by atoms with van der Waals surface area (Å²) in [4.78, 5) is 3.87. The van der Waals surface area contributed by atoms with Gasteiger partial charge in [-0.3, -0.25) is 0 Å². The van der Waals surface area contributed by atoms with Gasteiger partial charge in [-0.25, -0.2) is 0 Å². The highest BCUT2D eigenvalue weighted by atomic mass is 16.5. The van der Waals surface area contributed by atoms with E-state index in [1.807, 2.05) is 31.2 Å². The molecule has 0 fully saturated rings. The predicted molar refractivity (Wildman–Crippen MR) is 65.3 cm³/mol. The van der Waals surface area contributed by atoms with Crippen molar-refractivity contribution >= 4 is 11.8 Å². The summed E-state index contributed by atoms with van der Waals surface area (Å²) in [6, 6.07) is 7.42. The summed E-state index contributed by atoms with van der Waals surface area (Å²) in [5.41, 5.74) is 12.4. The highest BCUT2D eigenvalue weighted by Gasteiger charge is 2.08. The summed E-state index contributed by atoms with van der Waals surface area (Å²) < 4.78 is 5.40. The van der Waals surface area contributed by atoms with Crippen LogP contribution in [-0.2, 0) is 0 Å². The minimum Gasteiger partial charge on any atom is -0.494 e. The maximum absolute atomic E-state index is 5.74. The number of rotatable bonds is 3. The molecule has 1 aromatic carbocycles. The number of hydrogen-bond donors (Lipinski definition) is 2. The molecule has 4 N–H and O–H groups in total. The summed E-state index contributed by atoms with van der Waals surface area (Å²) in [5.74, 6) is 1.07. The third-order valence-corrected chi connectivity index (χ3v) is 2.15. The molecule has 0 amide bonds. The summed E-state index contributed by atoms with van der Waals surface area (Å²) in [6.07, 6.45) is 0. The maximum atomic E-state index is 5.74. The average molecular weight is 231 g/mol. The Kier molecular flexibility index (Phi) is 3.04. The molecule has 0 aliphatic rings. The Morgan fingerprint density at radius 1 is 1.24 bits per heavy atom. The first-order valence-electron chi connectivity index (χ1n) is 5.19. The molecule has 0 saturated heterocycles. The molecule has 0 unspecified atom stereocenters. The van der Waals surface area contributed by atoms with Gasteiger partial charge in [0.15, 0.2) is 5.82 Å². The predicted octanol–water partition coefficient (Wildman–Crippen LogP) is 1.10. The Hall–Kier alpha value is -2.37. The molecule has 0 aliphatic heterocycles. The van der Waals surface area contributed by atoms with Crippen molar-refractivity contribution in [1.82, 2.24) is 15.2 Å². The van der Waals surface area contributed by atoms with Crippen LogP contribution in [0.5, 0.6) is 5.75 Å². The lowest BCUT2D eigenvalue weighted by Crippen LogP contribution is -2.04. The third kappa shape index (κ3) is 2.41. The van der Waals surface area contributed by atoms with Gasteiger partial charge in [0.2, 0.25) is 5.95 Å². The van der Waals surface area contributed by atoms with Gasteiger partial charge < -0.3 is 16.2 Å². The Bertz CT molecular complexity index is 529. The Labute approximate surface area is 98.6 Å². The van der Waals surface area contributed by atoms with Crippen LogP contribution < -0.4 is 16.2 Å². The molecule has 1 heterocycles. The topological polar surface area (TPSA) is 99.9 Å². The van der Waals surface area contributed by atoms with Gasteiger partial charge in [0.1, 0.15) is 11.4 Å². The zero-order valence-corrected chi connectivity index (χ0v) is 9.42. The van der Waals surface area contributed by atoms with E-state index < -0.39 is 0 Å². The molecule has 0 aliphatic carbocycles. The fourth-order valence-corrected chi connectivity index (χ4v) is 1.46. The van der Waals surface area contributed by atoms with E-state index in [4.69, 9.17) is 16.2 Å². The van der Waals surface area contributed by atoms with Crippen molar-refractivity contribution in [3.63, 3.8) is 0 Å². The second-order valence-electron chi connectivity index (χ2n) is 3.36. The van der Waals surface area contributed by atoms with Crippen LogP contribution in [0.3, 0.4) is 0 Å². The van der Waals surface area contributed by atoms with Gasteiger partial charge in [-0.1, -0.05) is 12.1 Å². The Balaban J connectivity index is 2.42. The zero-order valence-electron chi connectivity index (χ0n) is 9.42. The van der Waals surface area contributed by atoms with Crippen LogP contribution in [0.2, 0.25) is 0 Å². The van der Waals surface area contributed by atoms with E-state index in [9.17, 15) is 0 Å². The SMILES string of the molecule is CCOc1cccc(-c2nnc(N)nc2N)c1. The maximum Gasteiger partial charge on any atom is 0.242 e. The molecular formula is C11H13N5O. The summed E-state index contributed by atoms with van der Waals surface area (Å²) in [5, 5.41) is 7.62. The van der Waals surface area contributed by atoms with Crippen LogP contribution in [-0.4, -0.2) is 21.8 Å². The van der Waals surface area contributed by atoms with E-state index in [-0.39, 0.29) is 11.8 Å². The lowest BCUT2D eigenvalue weighted by molar-refractivity contribution is 0.340. The molecular weight excluding hydrogens is 218 g/mol. The van der Waals surface area contributed by atoms with Crippen molar-refractivity contribution in [2.24, 2.45) is 0 Å². The van der Waals surface area contributed by atoms with Crippen molar-refractivity contribution in [2.45, 2.75) is 6.92 Å². The standard InChI is InChI=1S/C11H13N5O/c1-2-17-8-5-3-4-7(6-8)9-10(12)14-11(13)16-15-9/h3-6H,2H2,1H3,(H4,12,13,14,16). The van der Waals surface area contributed by atoms with Crippen LogP contribution >= 0.6 is 0 Å². The molecule has 88 valence electrons. The molecule has 6 nitrogen and oxygen atoms in total. The zero-order chi connectivity index (χ0) is 12.3. The number of nitrogens with zero attached hydrogens (tertiary/aromatic N) is 3. The Morgan fingerprint density at radius 3 is 2.76 bits per heavy atom. The first-order valence-corrected chi connectivity index (χ1v) is 5.19. The van der Waals surface area contributed by atoms with E-state index >= 15 is 0 Å². The van der Waals surface area contributed by atoms with Crippen LogP contribution in [0.4, 0.5) is 11.8 Å². The number of nitrogen functional groups attached to an aromatic ring is 2. The number of anilines is 2. The molecule has 2 rings (SSSR count). The monoisotopic (exact) mass is 231 g/mol. The second-order valence-corrected chi connectivity index (χ2v) is 3.36. The smallest absolute Gasteiger partial charge is 0.242 e. The van der Waals surface area contributed by atoms with Gasteiger partial charge in [0.05, 0.1) is 6.61 Å². The third-order valence-electron chi connectivity index (χ3n) is 2.15. The van der Waals surface area contributed by atoms with Gasteiger partial charge in [-0.05, 0) is 19.1 Å². The van der Waals surface area contributed by atoms with Crippen molar-refractivity contribution in [1.29, 1.82) is 0 Å². The lowest BCUT2D eigenvalue weighted by atomic mass is 10.1. The molecule has 0 saturated carbocycles. The summed E-state index contributed by atoms with van der Waals surface area (Å²) in [7, 11) is 0. The van der Waals surface area contributed by atoms with Crippen molar-refractivity contribution in [2.75, 3.05) is 18.1 Å². The quantitative estimate of drug-likeness (QED) is 0.820. The number of nitrogens with two attached hydrogens (primary N) is 2. The summed E-state index contributed by atoms with van der Waals surface area (Å²) >= 11 is 0. The molecule has 0 radical (unpaired) electrons. The van der Waals surface area contributed by atoms with Crippen LogP contribution in [0.15, 0.2) is 24.3 Å². The average Bonchev–Trinajstić information content (AvgIpc) is 2.29. The van der Waals surface area contributed by atoms with Crippen molar-refractivity contribution in [3.8, 4) is 17.0 Å². The highest BCUT2D eigenvalue weighted by Crippen LogP contribution is 2.25. The number of aromatic nitrogens is 3. The number of benzene rings is 1. The van der Waals surface area contributed by atoms with Crippen molar-refractivity contribution < 1.29 is 4.74 Å². The first kappa shape index (κ1) is 11.1. The van der Waals surface area contributed by atoms with Gasteiger partial charge in [-0.15, -0.1) is 10.2 Å². The molecule has 2 aromatic rings. The molecule has 0 bridgehead atoms. The van der Waals surface area contributed by atoms with Gasteiger partial charge in [0.25, 0.3) is 0 Å². The molecule has 0 atom stereocenters. The summed E-state index contributed by atoms with van der Waals surface area (Å²) in [6.45, 7) is 2.52. The minimum atomic E-state index is 0.0622. The second kappa shape index (κ2) is 4.65. The van der Waals surface area contributed by atoms with Gasteiger partial charge >= 0.3 is 0 Å². The van der Waals surface area contributed by atoms with E-state index in [0.29, 0.717) is 12.3 Å². The normalized spacial score (nSPS) is 10.2. The van der Waals surface area contributed by atoms with E-state index in [1.165, 1.54) is 0 Å². The first-order chi connectivity index (χ1) is 8.20. The fraction of sp³-hybridized carbons (Fsp3) is 0.182. The largest absolute Gasteiger partial charge is 0.494 e. The number of hydrogen-bond acceptors (Lipinski definition) is 6. The molecule has 1 aromatic heterocycles.